The van der Waals surface area contributed by atoms with Crippen LogP contribution in [0.1, 0.15) is 19.4 Å². The van der Waals surface area contributed by atoms with E-state index in [-0.39, 0.29) is 22.0 Å². The van der Waals surface area contributed by atoms with E-state index in [2.05, 4.69) is 17.6 Å². The molecule has 4 nitrogen and oxygen atoms in total. The highest BCUT2D eigenvalue weighted by atomic mass is 32.3. The molecule has 0 spiro atoms. The number of hydrogen-bond acceptors (Lipinski definition) is 5. The van der Waals surface area contributed by atoms with Gasteiger partial charge in [-0.05, 0) is 61.4 Å². The topological polar surface area (TPSA) is 63.6 Å². The number of thioether (sulfide) groups is 2. The smallest absolute Gasteiger partial charge is 0.242 e. The highest BCUT2D eigenvalue weighted by molar-refractivity contribution is 8.19. The van der Waals surface area contributed by atoms with Gasteiger partial charge in [-0.25, -0.2) is 4.21 Å². The van der Waals surface area contributed by atoms with Gasteiger partial charge < -0.3 is 0 Å². The van der Waals surface area contributed by atoms with Crippen LogP contribution in [0.25, 0.3) is 0 Å². The third-order valence-corrected chi connectivity index (χ3v) is 15.7. The maximum Gasteiger partial charge on any atom is 0.290 e. The van der Waals surface area contributed by atoms with Crippen molar-refractivity contribution in [2.75, 3.05) is 0 Å². The third kappa shape index (κ3) is 5.44. The van der Waals surface area contributed by atoms with Crippen molar-refractivity contribution in [1.29, 1.82) is 0 Å². The van der Waals surface area contributed by atoms with E-state index in [9.17, 15) is 8.42 Å². The molecule has 0 amide bonds. The molecule has 39 heavy (non-hydrogen) atoms. The minimum absolute atomic E-state index is 0.0469. The van der Waals surface area contributed by atoms with E-state index in [0.29, 0.717) is 4.90 Å². The summed E-state index contributed by atoms with van der Waals surface area (Å²) in [6.45, 7) is 6.14. The molecule has 0 saturated heterocycles. The van der Waals surface area contributed by atoms with Crippen LogP contribution in [0.3, 0.4) is 0 Å². The molecule has 0 N–H and O–H groups in total. The van der Waals surface area contributed by atoms with E-state index >= 15 is 4.21 Å². The molecule has 202 valence electrons. The number of rotatable bonds is 9. The van der Waals surface area contributed by atoms with Crippen LogP contribution in [-0.4, -0.2) is 22.0 Å². The predicted molar refractivity (Wildman–Crippen MR) is 163 cm³/mol. The monoisotopic (exact) mass is 593 g/mol. The van der Waals surface area contributed by atoms with Crippen LogP contribution in [-0.2, 0) is 19.8 Å². The van der Waals surface area contributed by atoms with Gasteiger partial charge >= 0.3 is 0 Å². The molecule has 5 rings (SSSR count). The fourth-order valence-corrected chi connectivity index (χ4v) is 15.0. The molecule has 4 atom stereocenters. The largest absolute Gasteiger partial charge is 0.290 e. The number of benzene rings is 4. The second-order valence-electron chi connectivity index (χ2n) is 9.96. The van der Waals surface area contributed by atoms with Crippen LogP contribution < -0.4 is 0 Å². The van der Waals surface area contributed by atoms with Crippen LogP contribution in [0.5, 0.6) is 0 Å². The Hall–Kier alpha value is -2.52. The van der Waals surface area contributed by atoms with Gasteiger partial charge in [-0.2, -0.15) is 8.42 Å². The summed E-state index contributed by atoms with van der Waals surface area (Å²) in [6.07, 6.45) is 0. The SMILES string of the molecule is Cc1ccc(S(=O)(=O)N=[S@](=O)(c2ccccc2)[C@@]2(Sc3ccccc3)[C@H](C(C)C)[C@@H]2Sc2ccccc2)cc1. The lowest BCUT2D eigenvalue weighted by Gasteiger charge is -2.24. The maximum absolute atomic E-state index is 15.7. The first-order valence-electron chi connectivity index (χ1n) is 12.8. The molecule has 0 aliphatic heterocycles. The molecule has 1 saturated carbocycles. The molecule has 1 fully saturated rings. The molecule has 4 aromatic rings. The van der Waals surface area contributed by atoms with Gasteiger partial charge in [0, 0.05) is 25.9 Å². The Morgan fingerprint density at radius 1 is 0.692 bits per heavy atom. The summed E-state index contributed by atoms with van der Waals surface area (Å²) in [7, 11) is -7.77. The van der Waals surface area contributed by atoms with Crippen molar-refractivity contribution in [2.24, 2.45) is 15.6 Å². The van der Waals surface area contributed by atoms with Gasteiger partial charge in [0.25, 0.3) is 10.0 Å². The molecule has 0 bridgehead atoms. The second-order valence-corrected chi connectivity index (χ2v) is 17.0. The standard InChI is InChI=1S/C31H31NO3S4/c1-23(2)29-30(36-25-13-7-4-8-14-25)31(29,37-26-15-9-5-10-16-26)38(33,27-17-11-6-12-18-27)32-39(34,35)28-21-19-24(3)20-22-28/h4-23,29-30H,1-3H3/t29-,30+,31+,38+/m1/s1. The van der Waals surface area contributed by atoms with Crippen LogP contribution in [0.4, 0.5) is 0 Å². The zero-order chi connectivity index (χ0) is 27.7. The van der Waals surface area contributed by atoms with Gasteiger partial charge in [0.15, 0.2) is 0 Å². The van der Waals surface area contributed by atoms with Gasteiger partial charge in [0.1, 0.15) is 13.8 Å². The first-order valence-corrected chi connectivity index (χ1v) is 17.4. The Morgan fingerprint density at radius 2 is 1.21 bits per heavy atom. The average molecular weight is 594 g/mol. The normalized spacial score (nSPS) is 22.3. The molecule has 1 aliphatic carbocycles. The van der Waals surface area contributed by atoms with Gasteiger partial charge in [-0.3, -0.25) is 0 Å². The summed E-state index contributed by atoms with van der Waals surface area (Å²) in [4.78, 5) is 2.47. The van der Waals surface area contributed by atoms with Crippen molar-refractivity contribution in [3.8, 4) is 0 Å². The second kappa shape index (κ2) is 11.2. The Kier molecular flexibility index (Phi) is 8.02. The summed E-state index contributed by atoms with van der Waals surface area (Å²) in [5.41, 5.74) is 0.940. The molecular formula is C31H31NO3S4. The average Bonchev–Trinajstić information content (AvgIpc) is 3.58. The van der Waals surface area contributed by atoms with Crippen molar-refractivity contribution in [1.82, 2.24) is 0 Å². The summed E-state index contributed by atoms with van der Waals surface area (Å²) in [6, 6.07) is 35.4. The lowest BCUT2D eigenvalue weighted by molar-refractivity contribution is 0.557. The minimum Gasteiger partial charge on any atom is -0.242 e. The van der Waals surface area contributed by atoms with Crippen LogP contribution >= 0.6 is 23.5 Å². The van der Waals surface area contributed by atoms with Gasteiger partial charge in [-0.1, -0.05) is 86.1 Å². The lowest BCUT2D eigenvalue weighted by atomic mass is 10.1. The molecule has 0 heterocycles. The summed E-state index contributed by atoms with van der Waals surface area (Å²) >= 11 is 3.17. The molecule has 8 heteroatoms. The van der Waals surface area contributed by atoms with Gasteiger partial charge in [0.2, 0.25) is 0 Å². The van der Waals surface area contributed by atoms with Crippen molar-refractivity contribution in [3.63, 3.8) is 0 Å². The number of sulfonamides is 1. The maximum atomic E-state index is 15.7. The first-order chi connectivity index (χ1) is 18.7. The molecule has 0 radical (unpaired) electrons. The molecule has 0 aromatic heterocycles. The van der Waals surface area contributed by atoms with Crippen molar-refractivity contribution < 1.29 is 12.6 Å². The number of hydrogen-bond donors (Lipinski definition) is 0. The van der Waals surface area contributed by atoms with Gasteiger partial charge in [-0.15, -0.1) is 27.3 Å². The van der Waals surface area contributed by atoms with Crippen LogP contribution in [0.15, 0.2) is 139 Å². The van der Waals surface area contributed by atoms with E-state index < -0.39 is 23.8 Å². The van der Waals surface area contributed by atoms with E-state index in [1.165, 1.54) is 11.8 Å². The zero-order valence-electron chi connectivity index (χ0n) is 22.0. The Labute approximate surface area is 240 Å². The summed E-state index contributed by atoms with van der Waals surface area (Å²) in [5, 5.41) is -0.130. The van der Waals surface area contributed by atoms with Gasteiger partial charge in [0.05, 0.1) is 4.90 Å². The van der Waals surface area contributed by atoms with E-state index in [1.807, 2.05) is 73.7 Å². The Morgan fingerprint density at radius 3 is 1.74 bits per heavy atom. The lowest BCUT2D eigenvalue weighted by Crippen LogP contribution is -2.27. The summed E-state index contributed by atoms with van der Waals surface area (Å²) < 4.78 is 46.8. The van der Waals surface area contributed by atoms with E-state index in [4.69, 9.17) is 0 Å². The Bertz CT molecular complexity index is 1650. The Balaban J connectivity index is 1.78. The van der Waals surface area contributed by atoms with Crippen molar-refractivity contribution in [2.45, 2.75) is 49.7 Å². The highest BCUT2D eigenvalue weighted by Gasteiger charge is 2.73. The van der Waals surface area contributed by atoms with Crippen molar-refractivity contribution >= 4 is 43.3 Å². The molecule has 0 unspecified atom stereocenters. The zero-order valence-corrected chi connectivity index (χ0v) is 25.3. The fourth-order valence-electron chi connectivity index (χ4n) is 4.93. The summed E-state index contributed by atoms with van der Waals surface area (Å²) in [5.74, 6) is 0.0850. The highest BCUT2D eigenvalue weighted by Crippen LogP contribution is 2.70. The molecular weight excluding hydrogens is 563 g/mol. The van der Waals surface area contributed by atoms with E-state index in [0.717, 1.165) is 15.4 Å². The van der Waals surface area contributed by atoms with Crippen molar-refractivity contribution in [3.05, 3.63) is 121 Å². The van der Waals surface area contributed by atoms with Crippen LogP contribution in [0, 0.1) is 18.8 Å². The molecule has 4 aromatic carbocycles. The predicted octanol–water partition coefficient (Wildman–Crippen LogP) is 8.15. The number of aryl methyl sites for hydroxylation is 1. The van der Waals surface area contributed by atoms with E-state index in [1.54, 1.807) is 60.3 Å². The quantitative estimate of drug-likeness (QED) is 0.196. The molecule has 1 aliphatic rings. The van der Waals surface area contributed by atoms with Crippen LogP contribution in [0.2, 0.25) is 0 Å². The first kappa shape index (κ1) is 28.0. The minimum atomic E-state index is -4.24. The fraction of sp³-hybridized carbons (Fsp3) is 0.226. The third-order valence-electron chi connectivity index (χ3n) is 6.84. The number of nitrogens with zero attached hydrogens (tertiary/aromatic N) is 1.